The van der Waals surface area contributed by atoms with Crippen molar-refractivity contribution in [3.05, 3.63) is 24.3 Å². The molecule has 0 bridgehead atoms. The van der Waals surface area contributed by atoms with Gasteiger partial charge in [0.05, 0.1) is 16.7 Å². The number of ether oxygens (including phenoxy) is 1. The first-order chi connectivity index (χ1) is 7.72. The van der Waals surface area contributed by atoms with Crippen LogP contribution in [0.3, 0.4) is 0 Å². The van der Waals surface area contributed by atoms with Gasteiger partial charge in [-0.1, -0.05) is 12.1 Å². The fourth-order valence-corrected chi connectivity index (χ4v) is 2.64. The third-order valence-electron chi connectivity index (χ3n) is 2.90. The molecule has 5 heteroatoms. The van der Waals surface area contributed by atoms with Gasteiger partial charge < -0.3 is 9.64 Å². The van der Waals surface area contributed by atoms with Gasteiger partial charge >= 0.3 is 0 Å². The van der Waals surface area contributed by atoms with Crippen LogP contribution in [-0.2, 0) is 15.4 Å². The normalized spacial score (nSPS) is 20.6. The minimum absolute atomic E-state index is 0.206. The fraction of sp³-hybridized carbons (Fsp3) is 0.455. The Kier molecular flexibility index (Phi) is 3.46. The minimum Gasteiger partial charge on any atom is -0.380 e. The number of anilines is 1. The number of rotatable bonds is 3. The molecule has 1 aromatic carbocycles. The van der Waals surface area contributed by atoms with E-state index in [0.29, 0.717) is 4.90 Å². The Morgan fingerprint density at radius 1 is 1.38 bits per heavy atom. The van der Waals surface area contributed by atoms with Gasteiger partial charge in [0, 0.05) is 20.2 Å². The van der Waals surface area contributed by atoms with Crippen LogP contribution in [0.4, 0.5) is 5.69 Å². The first-order valence-corrected chi connectivity index (χ1v) is 6.41. The molecule has 1 saturated heterocycles. The van der Waals surface area contributed by atoms with Crippen molar-refractivity contribution in [3.8, 4) is 0 Å². The summed E-state index contributed by atoms with van der Waals surface area (Å²) in [5.74, 6) is 0. The molecule has 0 aliphatic carbocycles. The highest BCUT2D eigenvalue weighted by atomic mass is 32.2. The highest BCUT2D eigenvalue weighted by Crippen LogP contribution is 2.26. The van der Waals surface area contributed by atoms with Crippen LogP contribution >= 0.6 is 0 Å². The summed E-state index contributed by atoms with van der Waals surface area (Å²) in [7, 11) is -0.845. The number of nitrogens with zero attached hydrogens (tertiary/aromatic N) is 1. The van der Waals surface area contributed by atoms with Gasteiger partial charge in [0.25, 0.3) is 0 Å². The average molecular weight is 241 g/mol. The predicted octanol–water partition coefficient (Wildman–Crippen LogP) is 0.882. The summed E-state index contributed by atoms with van der Waals surface area (Å²) in [5.41, 5.74) is 0.790. The molecule has 2 rings (SSSR count). The Bertz CT molecular complexity index is 437. The van der Waals surface area contributed by atoms with Crippen LogP contribution in [0.5, 0.6) is 0 Å². The van der Waals surface area contributed by atoms with Crippen molar-refractivity contribution in [1.82, 2.24) is 0 Å². The molecule has 0 saturated carbocycles. The molecule has 16 heavy (non-hydrogen) atoms. The van der Waals surface area contributed by atoms with Crippen molar-refractivity contribution >= 4 is 16.4 Å². The van der Waals surface area contributed by atoms with E-state index in [0.717, 1.165) is 25.2 Å². The van der Waals surface area contributed by atoms with Gasteiger partial charge in [-0.3, -0.25) is 0 Å². The summed E-state index contributed by atoms with van der Waals surface area (Å²) in [6, 6.07) is 7.09. The zero-order chi connectivity index (χ0) is 11.5. The van der Waals surface area contributed by atoms with E-state index in [1.165, 1.54) is 0 Å². The molecule has 4 nitrogen and oxygen atoms in total. The highest BCUT2D eigenvalue weighted by molar-refractivity contribution is 7.72. The number of methoxy groups -OCH3 is 1. The highest BCUT2D eigenvalue weighted by Gasteiger charge is 2.24. The van der Waals surface area contributed by atoms with Gasteiger partial charge in [-0.2, -0.15) is 0 Å². The van der Waals surface area contributed by atoms with Gasteiger partial charge in [-0.05, 0) is 18.6 Å². The maximum Gasteiger partial charge on any atom is 0.170 e. The van der Waals surface area contributed by atoms with Gasteiger partial charge in [0.15, 0.2) is 10.7 Å². The Morgan fingerprint density at radius 3 is 2.75 bits per heavy atom. The van der Waals surface area contributed by atoms with Crippen molar-refractivity contribution in [2.75, 3.05) is 25.1 Å². The Hall–Kier alpha value is -1.07. The van der Waals surface area contributed by atoms with Crippen LogP contribution in [-0.4, -0.2) is 34.7 Å². The molecular formula is C11H15NO3S. The lowest BCUT2D eigenvalue weighted by atomic mass is 10.3. The average Bonchev–Trinajstić information content (AvgIpc) is 2.77. The van der Waals surface area contributed by atoms with Crippen molar-refractivity contribution in [1.29, 1.82) is 0 Å². The maximum absolute atomic E-state index is 11.1. The van der Waals surface area contributed by atoms with Crippen LogP contribution in [0.15, 0.2) is 29.2 Å². The SMILES string of the molecule is COC1CCN(c2ccccc2[SH](=O)=O)C1. The van der Waals surface area contributed by atoms with E-state index in [-0.39, 0.29) is 6.10 Å². The minimum atomic E-state index is -2.53. The zero-order valence-corrected chi connectivity index (χ0v) is 10.0. The lowest BCUT2D eigenvalue weighted by molar-refractivity contribution is 0.121. The molecule has 0 N–H and O–H groups in total. The predicted molar refractivity (Wildman–Crippen MR) is 62.6 cm³/mol. The Balaban J connectivity index is 2.27. The summed E-state index contributed by atoms with van der Waals surface area (Å²) in [4.78, 5) is 2.46. The first kappa shape index (κ1) is 11.4. The van der Waals surface area contributed by atoms with Crippen LogP contribution in [0, 0.1) is 0 Å². The van der Waals surface area contributed by atoms with Gasteiger partial charge in [-0.15, -0.1) is 0 Å². The molecule has 1 heterocycles. The third-order valence-corrected chi connectivity index (χ3v) is 3.67. The van der Waals surface area contributed by atoms with E-state index in [2.05, 4.69) is 4.90 Å². The molecule has 1 aromatic rings. The Labute approximate surface area is 96.8 Å². The van der Waals surface area contributed by atoms with E-state index in [1.54, 1.807) is 19.2 Å². The smallest absolute Gasteiger partial charge is 0.170 e. The number of para-hydroxylation sites is 1. The van der Waals surface area contributed by atoms with Crippen molar-refractivity contribution in [3.63, 3.8) is 0 Å². The molecule has 0 radical (unpaired) electrons. The summed E-state index contributed by atoms with van der Waals surface area (Å²) >= 11 is 0. The van der Waals surface area contributed by atoms with Gasteiger partial charge in [0.2, 0.25) is 0 Å². The Morgan fingerprint density at radius 2 is 2.12 bits per heavy atom. The second kappa shape index (κ2) is 4.84. The van der Waals surface area contributed by atoms with Crippen molar-refractivity contribution in [2.45, 2.75) is 17.4 Å². The summed E-state index contributed by atoms with van der Waals surface area (Å²) in [6.45, 7) is 1.61. The van der Waals surface area contributed by atoms with Gasteiger partial charge in [-0.25, -0.2) is 8.42 Å². The van der Waals surface area contributed by atoms with E-state index < -0.39 is 10.7 Å². The molecule has 88 valence electrons. The lowest BCUT2D eigenvalue weighted by Crippen LogP contribution is -2.23. The molecule has 1 atom stereocenters. The molecular weight excluding hydrogens is 226 g/mol. The first-order valence-electron chi connectivity index (χ1n) is 5.23. The van der Waals surface area contributed by atoms with Crippen LogP contribution in [0.25, 0.3) is 0 Å². The molecule has 1 aliphatic rings. The molecule has 1 fully saturated rings. The maximum atomic E-state index is 11.1. The van der Waals surface area contributed by atoms with E-state index in [1.807, 2.05) is 12.1 Å². The standard InChI is InChI=1S/C11H15NO3S/c1-15-9-6-7-12(8-9)10-4-2-3-5-11(10)16(13)14/h2-5,9,16H,6-8H2,1H3. The molecule has 0 spiro atoms. The second-order valence-electron chi connectivity index (χ2n) is 3.84. The lowest BCUT2D eigenvalue weighted by Gasteiger charge is -2.19. The number of hydrogen-bond donors (Lipinski definition) is 1. The molecule has 0 aromatic heterocycles. The monoisotopic (exact) mass is 241 g/mol. The van der Waals surface area contributed by atoms with E-state index in [4.69, 9.17) is 4.74 Å². The quantitative estimate of drug-likeness (QED) is 0.798. The molecule has 1 unspecified atom stereocenters. The van der Waals surface area contributed by atoms with Crippen molar-refractivity contribution < 1.29 is 13.2 Å². The van der Waals surface area contributed by atoms with Crippen LogP contribution in [0.2, 0.25) is 0 Å². The van der Waals surface area contributed by atoms with Crippen molar-refractivity contribution in [2.24, 2.45) is 0 Å². The van der Waals surface area contributed by atoms with E-state index >= 15 is 0 Å². The number of hydrogen-bond acceptors (Lipinski definition) is 4. The number of benzene rings is 1. The summed E-state index contributed by atoms with van der Waals surface area (Å²) in [6.07, 6.45) is 1.15. The van der Waals surface area contributed by atoms with Crippen LogP contribution in [0.1, 0.15) is 6.42 Å². The van der Waals surface area contributed by atoms with E-state index in [9.17, 15) is 8.42 Å². The zero-order valence-electron chi connectivity index (χ0n) is 9.13. The largest absolute Gasteiger partial charge is 0.380 e. The molecule has 0 amide bonds. The fourth-order valence-electron chi connectivity index (χ4n) is 2.03. The third kappa shape index (κ3) is 2.20. The summed E-state index contributed by atoms with van der Waals surface area (Å²) in [5, 5.41) is 0. The summed E-state index contributed by atoms with van der Waals surface area (Å²) < 4.78 is 27.5. The molecule has 1 aliphatic heterocycles. The number of thiol groups is 1. The topological polar surface area (TPSA) is 46.6 Å². The van der Waals surface area contributed by atoms with Crippen LogP contribution < -0.4 is 4.90 Å². The second-order valence-corrected chi connectivity index (χ2v) is 4.83. The van der Waals surface area contributed by atoms with Gasteiger partial charge in [0.1, 0.15) is 0 Å².